The minimum absolute atomic E-state index is 0.134. The molecule has 0 amide bonds. The molecule has 2 aromatic rings. The van der Waals surface area contributed by atoms with Gasteiger partial charge in [-0.2, -0.15) is 0 Å². The molecule has 4 heteroatoms. The van der Waals surface area contributed by atoms with Crippen LogP contribution in [0.3, 0.4) is 0 Å². The van der Waals surface area contributed by atoms with Crippen molar-refractivity contribution in [3.63, 3.8) is 0 Å². The van der Waals surface area contributed by atoms with Gasteiger partial charge in [-0.05, 0) is 17.5 Å². The Balaban J connectivity index is 2.11. The van der Waals surface area contributed by atoms with E-state index in [0.29, 0.717) is 6.42 Å². The van der Waals surface area contributed by atoms with Gasteiger partial charge in [-0.1, -0.05) is 31.2 Å². The van der Waals surface area contributed by atoms with Crippen LogP contribution in [0.1, 0.15) is 33.5 Å². The molecule has 0 atom stereocenters. The van der Waals surface area contributed by atoms with Crippen molar-refractivity contribution in [2.45, 2.75) is 19.8 Å². The number of carboxylic acid groups (broad SMARTS) is 1. The number of aromatic carboxylic acids is 1. The Labute approximate surface area is 104 Å². The zero-order valence-electron chi connectivity index (χ0n) is 9.51. The lowest BCUT2D eigenvalue weighted by molar-refractivity contribution is 0.0691. The Bertz CT molecular complexity index is 516. The van der Waals surface area contributed by atoms with Gasteiger partial charge in [-0.3, -0.25) is 0 Å². The van der Waals surface area contributed by atoms with E-state index in [1.165, 1.54) is 16.9 Å². The van der Waals surface area contributed by atoms with Crippen molar-refractivity contribution in [2.24, 2.45) is 0 Å². The maximum Gasteiger partial charge on any atom is 0.355 e. The molecule has 0 saturated heterocycles. The Morgan fingerprint density at radius 2 is 1.94 bits per heavy atom. The van der Waals surface area contributed by atoms with Crippen LogP contribution in [0.15, 0.2) is 29.6 Å². The number of benzene rings is 1. The first-order valence-electron chi connectivity index (χ1n) is 5.44. The predicted octanol–water partition coefficient (Wildman–Crippen LogP) is 2.99. The summed E-state index contributed by atoms with van der Waals surface area (Å²) in [5, 5.41) is 11.2. The zero-order chi connectivity index (χ0) is 12.3. The molecule has 1 N–H and O–H groups in total. The highest BCUT2D eigenvalue weighted by Crippen LogP contribution is 2.15. The fourth-order valence-electron chi connectivity index (χ4n) is 1.56. The highest BCUT2D eigenvalue weighted by atomic mass is 32.1. The number of aryl methyl sites for hydroxylation is 1. The second-order valence-corrected chi connectivity index (χ2v) is 4.72. The van der Waals surface area contributed by atoms with Crippen molar-refractivity contribution >= 4 is 17.3 Å². The molecule has 88 valence electrons. The number of rotatable bonds is 4. The molecule has 2 rings (SSSR count). The Kier molecular flexibility index (Phi) is 3.54. The van der Waals surface area contributed by atoms with Gasteiger partial charge in [0, 0.05) is 11.8 Å². The summed E-state index contributed by atoms with van der Waals surface area (Å²) in [4.78, 5) is 14.8. The van der Waals surface area contributed by atoms with E-state index in [4.69, 9.17) is 5.11 Å². The molecule has 0 aliphatic heterocycles. The summed E-state index contributed by atoms with van der Waals surface area (Å²) in [6, 6.07) is 8.34. The molecule has 1 aromatic heterocycles. The monoisotopic (exact) mass is 247 g/mol. The van der Waals surface area contributed by atoms with E-state index in [9.17, 15) is 4.79 Å². The standard InChI is InChI=1S/C13H13NO2S/c1-2-9-3-5-10(6-4-9)7-12-14-11(8-17-12)13(15)16/h3-6,8H,2,7H2,1H3,(H,15,16). The topological polar surface area (TPSA) is 50.2 Å². The van der Waals surface area contributed by atoms with E-state index in [1.807, 2.05) is 0 Å². The second kappa shape index (κ2) is 5.10. The average molecular weight is 247 g/mol. The van der Waals surface area contributed by atoms with Crippen molar-refractivity contribution < 1.29 is 9.90 Å². The maximum absolute atomic E-state index is 10.7. The van der Waals surface area contributed by atoms with Gasteiger partial charge in [0.1, 0.15) is 0 Å². The molecule has 1 aromatic carbocycles. The molecule has 0 radical (unpaired) electrons. The number of carboxylic acids is 1. The minimum atomic E-state index is -0.964. The van der Waals surface area contributed by atoms with Gasteiger partial charge in [0.25, 0.3) is 0 Å². The Morgan fingerprint density at radius 3 is 2.47 bits per heavy atom. The molecule has 3 nitrogen and oxygen atoms in total. The highest BCUT2D eigenvalue weighted by Gasteiger charge is 2.08. The largest absolute Gasteiger partial charge is 0.476 e. The first-order chi connectivity index (χ1) is 8.19. The van der Waals surface area contributed by atoms with E-state index in [0.717, 1.165) is 17.0 Å². The average Bonchev–Trinajstić information content (AvgIpc) is 2.79. The number of aromatic nitrogens is 1. The summed E-state index contributed by atoms with van der Waals surface area (Å²) in [7, 11) is 0. The summed E-state index contributed by atoms with van der Waals surface area (Å²) in [6.45, 7) is 2.12. The lowest BCUT2D eigenvalue weighted by atomic mass is 10.1. The Morgan fingerprint density at radius 1 is 1.29 bits per heavy atom. The van der Waals surface area contributed by atoms with Crippen molar-refractivity contribution in [3.05, 3.63) is 51.5 Å². The number of thiazole rings is 1. The third-order valence-corrected chi connectivity index (χ3v) is 3.41. The molecule has 17 heavy (non-hydrogen) atoms. The van der Waals surface area contributed by atoms with Crippen molar-refractivity contribution in [1.82, 2.24) is 4.98 Å². The van der Waals surface area contributed by atoms with Crippen LogP contribution < -0.4 is 0 Å². The molecule has 0 unspecified atom stereocenters. The van der Waals surface area contributed by atoms with Gasteiger partial charge in [0.2, 0.25) is 0 Å². The molecule has 0 bridgehead atoms. The number of hydrogen-bond acceptors (Lipinski definition) is 3. The van der Waals surface area contributed by atoms with E-state index >= 15 is 0 Å². The lowest BCUT2D eigenvalue weighted by Crippen LogP contribution is -1.97. The summed E-state index contributed by atoms with van der Waals surface area (Å²) in [5.41, 5.74) is 2.60. The van der Waals surface area contributed by atoms with Gasteiger partial charge in [0.15, 0.2) is 5.69 Å². The molecule has 0 fully saturated rings. The summed E-state index contributed by atoms with van der Waals surface area (Å²) < 4.78 is 0. The van der Waals surface area contributed by atoms with Crippen molar-refractivity contribution in [2.75, 3.05) is 0 Å². The smallest absolute Gasteiger partial charge is 0.355 e. The summed E-state index contributed by atoms with van der Waals surface area (Å²) in [5.74, 6) is -0.964. The lowest BCUT2D eigenvalue weighted by Gasteiger charge is -2.00. The number of hydrogen-bond donors (Lipinski definition) is 1. The molecule has 0 spiro atoms. The minimum Gasteiger partial charge on any atom is -0.476 e. The van der Waals surface area contributed by atoms with Crippen LogP contribution >= 0.6 is 11.3 Å². The van der Waals surface area contributed by atoms with Gasteiger partial charge >= 0.3 is 5.97 Å². The van der Waals surface area contributed by atoms with Crippen molar-refractivity contribution in [3.8, 4) is 0 Å². The van der Waals surface area contributed by atoms with Crippen LogP contribution in [-0.2, 0) is 12.8 Å². The normalized spacial score (nSPS) is 10.4. The zero-order valence-corrected chi connectivity index (χ0v) is 10.3. The highest BCUT2D eigenvalue weighted by molar-refractivity contribution is 7.09. The molecular weight excluding hydrogens is 234 g/mol. The van der Waals surface area contributed by atoms with Gasteiger partial charge < -0.3 is 5.11 Å². The third-order valence-electron chi connectivity index (χ3n) is 2.56. The van der Waals surface area contributed by atoms with E-state index < -0.39 is 5.97 Å². The van der Waals surface area contributed by atoms with Crippen LogP contribution in [0.2, 0.25) is 0 Å². The van der Waals surface area contributed by atoms with E-state index in [-0.39, 0.29) is 5.69 Å². The third kappa shape index (κ3) is 2.91. The fourth-order valence-corrected chi connectivity index (χ4v) is 2.36. The predicted molar refractivity (Wildman–Crippen MR) is 67.7 cm³/mol. The second-order valence-electron chi connectivity index (χ2n) is 3.78. The quantitative estimate of drug-likeness (QED) is 0.903. The van der Waals surface area contributed by atoms with Crippen molar-refractivity contribution in [1.29, 1.82) is 0 Å². The van der Waals surface area contributed by atoms with Crippen LogP contribution in [0.4, 0.5) is 0 Å². The summed E-state index contributed by atoms with van der Waals surface area (Å²) >= 11 is 1.39. The van der Waals surface area contributed by atoms with Crippen LogP contribution in [0, 0.1) is 0 Å². The van der Waals surface area contributed by atoms with Gasteiger partial charge in [0.05, 0.1) is 5.01 Å². The molecule has 0 saturated carbocycles. The molecule has 0 aliphatic carbocycles. The number of nitrogens with zero attached hydrogens (tertiary/aromatic N) is 1. The first kappa shape index (κ1) is 11.8. The molecule has 1 heterocycles. The van der Waals surface area contributed by atoms with Gasteiger partial charge in [-0.15, -0.1) is 11.3 Å². The first-order valence-corrected chi connectivity index (χ1v) is 6.32. The van der Waals surface area contributed by atoms with Gasteiger partial charge in [-0.25, -0.2) is 9.78 Å². The summed E-state index contributed by atoms with van der Waals surface area (Å²) in [6.07, 6.45) is 1.72. The van der Waals surface area contributed by atoms with E-state index in [1.54, 1.807) is 5.38 Å². The molecule has 0 aliphatic rings. The van der Waals surface area contributed by atoms with Crippen LogP contribution in [0.25, 0.3) is 0 Å². The Hall–Kier alpha value is -1.68. The fraction of sp³-hybridized carbons (Fsp3) is 0.231. The maximum atomic E-state index is 10.7. The van der Waals surface area contributed by atoms with Crippen LogP contribution in [0.5, 0.6) is 0 Å². The van der Waals surface area contributed by atoms with Crippen LogP contribution in [-0.4, -0.2) is 16.1 Å². The molecular formula is C13H13NO2S. The SMILES string of the molecule is CCc1ccc(Cc2nc(C(=O)O)cs2)cc1. The number of carbonyl (C=O) groups is 1. The van der Waals surface area contributed by atoms with E-state index in [2.05, 4.69) is 36.2 Å².